The number of ether oxygens (including phenoxy) is 6. The van der Waals surface area contributed by atoms with Gasteiger partial charge in [-0.2, -0.15) is 0 Å². The summed E-state index contributed by atoms with van der Waals surface area (Å²) in [6.45, 7) is 0.814. The second kappa shape index (κ2) is 60.4. The van der Waals surface area contributed by atoms with Crippen molar-refractivity contribution in [2.24, 2.45) is 41.6 Å². The third-order valence-corrected chi connectivity index (χ3v) is 9.14. The van der Waals surface area contributed by atoms with Gasteiger partial charge >= 0.3 is 0 Å². The van der Waals surface area contributed by atoms with Crippen molar-refractivity contribution in [3.8, 4) is 0 Å². The topological polar surface area (TPSA) is 544 Å². The maximum Gasteiger partial charge on any atom is 0.132 e. The van der Waals surface area contributed by atoms with Gasteiger partial charge in [-0.25, -0.2) is 29.3 Å². The second-order valence-corrected chi connectivity index (χ2v) is 15.2. The van der Waals surface area contributed by atoms with Crippen molar-refractivity contribution in [2.45, 2.75) is 62.9 Å². The van der Waals surface area contributed by atoms with E-state index in [-0.39, 0.29) is 178 Å². The molecule has 0 aliphatic heterocycles. The molecule has 0 heterocycles. The molecule has 0 aromatic carbocycles. The lowest BCUT2D eigenvalue weighted by Gasteiger charge is -2.37. The van der Waals surface area contributed by atoms with Crippen LogP contribution in [0.2, 0.25) is 0 Å². The maximum absolute atomic E-state index is 8.75. The van der Waals surface area contributed by atoms with E-state index in [1.165, 1.54) is 0 Å². The molecular formula is C37H70N26O16. The molecule has 0 saturated heterocycles. The number of nitrogens with zero attached hydrogens (tertiary/aromatic N) is 26. The summed E-state index contributed by atoms with van der Waals surface area (Å²) in [5, 5.41) is 26.4. The monoisotopic (exact) mass is 1130 g/mol. The molecule has 4 unspecified atom stereocenters. The molecule has 42 heteroatoms. The van der Waals surface area contributed by atoms with Gasteiger partial charge in [-0.05, 0) is 82.8 Å². The molecule has 0 spiro atoms. The van der Waals surface area contributed by atoms with Gasteiger partial charge in [0.2, 0.25) is 0 Å². The second-order valence-electron chi connectivity index (χ2n) is 15.2. The summed E-state index contributed by atoms with van der Waals surface area (Å²) in [6.07, 6.45) is -0.274. The Hall–Kier alpha value is -6.88. The fraction of sp³-hybridized carbons (Fsp3) is 1.00. The summed E-state index contributed by atoms with van der Waals surface area (Å²) in [6, 6.07) is 0. The summed E-state index contributed by atoms with van der Waals surface area (Å²) in [4.78, 5) is 78.9. The minimum absolute atomic E-state index is 0.0154. The van der Waals surface area contributed by atoms with Crippen molar-refractivity contribution in [1.82, 2.24) is 9.80 Å². The number of hydrogen-bond donors (Lipinski definition) is 0. The van der Waals surface area contributed by atoms with Crippen molar-refractivity contribution in [3.05, 3.63) is 83.5 Å². The Bertz CT molecular complexity index is 1750. The van der Waals surface area contributed by atoms with Gasteiger partial charge in [0, 0.05) is 91.7 Å². The van der Waals surface area contributed by atoms with E-state index in [0.29, 0.717) is 38.5 Å². The quantitative estimate of drug-likeness (QED) is 0.0108. The van der Waals surface area contributed by atoms with Crippen LogP contribution in [0.4, 0.5) is 0 Å². The van der Waals surface area contributed by atoms with Gasteiger partial charge in [0.15, 0.2) is 0 Å². The van der Waals surface area contributed by atoms with Crippen molar-refractivity contribution < 1.29 is 77.1 Å². The Morgan fingerprint density at radius 2 is 0.658 bits per heavy atom. The largest absolute Gasteiger partial charge is 0.431 e. The van der Waals surface area contributed by atoms with Gasteiger partial charge in [0.25, 0.3) is 0 Å². The van der Waals surface area contributed by atoms with E-state index in [4.69, 9.17) is 121 Å². The van der Waals surface area contributed by atoms with Crippen LogP contribution in [0.5, 0.6) is 0 Å². The van der Waals surface area contributed by atoms with Gasteiger partial charge in [0.05, 0.1) is 105 Å². The number of hydrogen-bond acceptors (Lipinski definition) is 26. The maximum atomic E-state index is 8.75. The van der Waals surface area contributed by atoms with Crippen LogP contribution in [0.15, 0.2) is 41.6 Å². The number of unbranched alkanes of at least 4 members (excludes halogenated alkanes) is 3. The average Bonchev–Trinajstić information content (AvgIpc) is 3.45. The molecular weight excluding hydrogens is 1060 g/mol. The van der Waals surface area contributed by atoms with Gasteiger partial charge < -0.3 is 47.8 Å². The van der Waals surface area contributed by atoms with Gasteiger partial charge in [-0.1, -0.05) is 20.5 Å². The van der Waals surface area contributed by atoms with Crippen molar-refractivity contribution in [2.75, 3.05) is 178 Å². The minimum atomic E-state index is -0.900. The van der Waals surface area contributed by atoms with Crippen LogP contribution >= 0.6 is 0 Å². The summed E-state index contributed by atoms with van der Waals surface area (Å²) in [5.41, 5.74) is 69.4. The summed E-state index contributed by atoms with van der Waals surface area (Å²) in [5.74, 6) is 0. The highest BCUT2D eigenvalue weighted by molar-refractivity contribution is 4.76. The molecule has 0 saturated carbocycles. The van der Waals surface area contributed by atoms with Gasteiger partial charge in [-0.15, -0.1) is 0 Å². The van der Waals surface area contributed by atoms with Crippen molar-refractivity contribution >= 4 is 0 Å². The van der Waals surface area contributed by atoms with Crippen LogP contribution in [0.3, 0.4) is 0 Å². The minimum Gasteiger partial charge on any atom is -0.431 e. The molecule has 444 valence electrons. The van der Waals surface area contributed by atoms with E-state index in [1.54, 1.807) is 0 Å². The lowest BCUT2D eigenvalue weighted by molar-refractivity contribution is -0.369. The van der Waals surface area contributed by atoms with Crippen molar-refractivity contribution in [1.29, 1.82) is 0 Å². The Morgan fingerprint density at radius 3 is 1.09 bits per heavy atom. The predicted molar refractivity (Wildman–Crippen MR) is 268 cm³/mol. The van der Waals surface area contributed by atoms with Crippen LogP contribution in [0, 0.1) is 0 Å². The standard InChI is InChI=1S/C37H70N26O16/c38-50-46-7-1-4-11-74-77-32-37(79-76-13-6-3-9-48-52-40)28-63(27-36(78-75-12-5-2-8-47-51-39)31-65-16-15-64-14-10-49-53-41)33-62(25-34(68-19-23-72-60-56-44)29-66-17-21-70-58-54-42)26-35(69-20-24-73-61-57-45)30-67-18-22-71-59-55-43/h34-37H,1-33H2. The molecule has 42 nitrogen and oxygen atoms in total. The number of rotatable bonds is 62. The third kappa shape index (κ3) is 51.6. The average molecular weight is 1140 g/mol. The first-order chi connectivity index (χ1) is 39.0. The smallest absolute Gasteiger partial charge is 0.132 e. The first kappa shape index (κ1) is 72.1. The fourth-order valence-electron chi connectivity index (χ4n) is 5.96. The SMILES string of the molecule is [N-]=[N+]=NCCCCOOCC(CN(CC(COCCOCCN=[N+]=[N-])OOCCCCN=[N+]=[N-])CN(CC(COCCON=[N+]=[N-])OCCON=[N+]=[N-])CC(COCCON=[N+]=[N-])OCCON=[N+]=[N-])OOCCCCN=[N+]=[N-]. The zero-order chi connectivity index (χ0) is 57.4. The molecule has 79 heavy (non-hydrogen) atoms. The normalized spacial score (nSPS) is 12.1. The molecule has 0 amide bonds. The zero-order valence-corrected chi connectivity index (χ0v) is 43.8. The molecule has 0 rings (SSSR count). The highest BCUT2D eigenvalue weighted by Crippen LogP contribution is 2.12. The Balaban J connectivity index is 7.44. The van der Waals surface area contributed by atoms with Crippen LogP contribution in [-0.4, -0.2) is 212 Å². The highest BCUT2D eigenvalue weighted by atomic mass is 17.2. The first-order valence-corrected chi connectivity index (χ1v) is 24.5. The highest BCUT2D eigenvalue weighted by Gasteiger charge is 2.28. The van der Waals surface area contributed by atoms with E-state index < -0.39 is 24.4 Å². The zero-order valence-electron chi connectivity index (χ0n) is 43.8. The predicted octanol–water partition coefficient (Wildman–Crippen LogP) is 7.52. The lowest BCUT2D eigenvalue weighted by atomic mass is 10.2. The first-order valence-electron chi connectivity index (χ1n) is 24.5. The van der Waals surface area contributed by atoms with E-state index in [0.717, 1.165) is 0 Å². The molecule has 0 aliphatic carbocycles. The molecule has 4 atom stereocenters. The summed E-state index contributed by atoms with van der Waals surface area (Å²) < 4.78 is 35.6. The van der Waals surface area contributed by atoms with Crippen molar-refractivity contribution in [3.63, 3.8) is 0 Å². The van der Waals surface area contributed by atoms with Crippen LogP contribution in [-0.2, 0) is 77.1 Å². The molecule has 0 aromatic rings. The Morgan fingerprint density at radius 1 is 0.304 bits per heavy atom. The fourth-order valence-corrected chi connectivity index (χ4v) is 5.96. The van der Waals surface area contributed by atoms with Gasteiger partial charge in [0.1, 0.15) is 66.4 Å². The van der Waals surface area contributed by atoms with Crippen LogP contribution in [0.1, 0.15) is 38.5 Å². The Kier molecular flexibility index (Phi) is 55.1. The molecule has 0 bridgehead atoms. The van der Waals surface area contributed by atoms with E-state index in [2.05, 4.69) is 80.9 Å². The van der Waals surface area contributed by atoms with E-state index >= 15 is 0 Å². The van der Waals surface area contributed by atoms with Crippen LogP contribution < -0.4 is 0 Å². The lowest BCUT2D eigenvalue weighted by Crippen LogP contribution is -2.52. The van der Waals surface area contributed by atoms with Gasteiger partial charge in [-0.3, -0.25) is 9.80 Å². The number of azide groups is 8. The third-order valence-electron chi connectivity index (χ3n) is 9.14. The molecule has 0 aliphatic rings. The van der Waals surface area contributed by atoms with E-state index in [1.807, 2.05) is 9.80 Å². The van der Waals surface area contributed by atoms with E-state index in [9.17, 15) is 0 Å². The summed E-state index contributed by atoms with van der Waals surface area (Å²) in [7, 11) is 0. The molecule has 0 N–H and O–H groups in total. The summed E-state index contributed by atoms with van der Waals surface area (Å²) >= 11 is 0. The molecule has 0 radical (unpaired) electrons. The molecule has 0 aromatic heterocycles. The Labute approximate surface area is 452 Å². The molecule has 0 fully saturated rings. The van der Waals surface area contributed by atoms with Crippen LogP contribution in [0.25, 0.3) is 83.5 Å².